The first-order valence-corrected chi connectivity index (χ1v) is 7.30. The maximum atomic E-state index is 12.0. The number of amides is 2. The first-order valence-electron chi connectivity index (χ1n) is 6.92. The van der Waals surface area contributed by atoms with Crippen LogP contribution in [0.25, 0.3) is 10.9 Å². The number of hydrogen-bond acceptors (Lipinski definition) is 3. The van der Waals surface area contributed by atoms with E-state index in [0.717, 1.165) is 5.56 Å². The number of aromatic amines is 2. The fourth-order valence-electron chi connectivity index (χ4n) is 2.18. The molecule has 0 fully saturated rings. The summed E-state index contributed by atoms with van der Waals surface area (Å²) >= 11 is 5.84. The lowest BCUT2D eigenvalue weighted by Crippen LogP contribution is -2.31. The Hall–Kier alpha value is -2.80. The molecule has 2 aromatic heterocycles. The standard InChI is InChI=1S/C15H14ClN5O2/c1-8(9-2-4-10(16)5-3-9)18-15(23)19-13-6-12-11(7-17-13)14(22)21-20-12/h2-8H,1H3,(H2,20,21,22)(H2,17,18,19,23)/t8-/m1/s1. The van der Waals surface area contributed by atoms with E-state index in [1.807, 2.05) is 19.1 Å². The molecule has 0 saturated carbocycles. The molecule has 0 bridgehead atoms. The number of fused-ring (bicyclic) bond motifs is 1. The molecule has 8 heteroatoms. The van der Waals surface area contributed by atoms with Gasteiger partial charge in [-0.2, -0.15) is 0 Å². The third-order valence-corrected chi connectivity index (χ3v) is 3.67. The smallest absolute Gasteiger partial charge is 0.320 e. The van der Waals surface area contributed by atoms with Crippen LogP contribution in [0.3, 0.4) is 0 Å². The van der Waals surface area contributed by atoms with Gasteiger partial charge in [0.15, 0.2) is 0 Å². The first kappa shape index (κ1) is 15.1. The van der Waals surface area contributed by atoms with Crippen molar-refractivity contribution in [3.63, 3.8) is 0 Å². The summed E-state index contributed by atoms with van der Waals surface area (Å²) in [4.78, 5) is 27.5. The highest BCUT2D eigenvalue weighted by atomic mass is 35.5. The zero-order valence-corrected chi connectivity index (χ0v) is 12.9. The van der Waals surface area contributed by atoms with Gasteiger partial charge in [0.05, 0.1) is 16.9 Å². The summed E-state index contributed by atoms with van der Waals surface area (Å²) in [5.74, 6) is 0.341. The van der Waals surface area contributed by atoms with E-state index >= 15 is 0 Å². The number of nitrogens with one attached hydrogen (secondary N) is 4. The molecule has 2 heterocycles. The summed E-state index contributed by atoms with van der Waals surface area (Å²) in [6.07, 6.45) is 1.41. The molecule has 0 unspecified atom stereocenters. The second-order valence-corrected chi connectivity index (χ2v) is 5.50. The molecular formula is C15H14ClN5O2. The van der Waals surface area contributed by atoms with Gasteiger partial charge in [-0.25, -0.2) is 9.78 Å². The Kier molecular flexibility index (Phi) is 4.03. The summed E-state index contributed by atoms with van der Waals surface area (Å²) in [7, 11) is 0. The Morgan fingerprint density at radius 2 is 2.00 bits per heavy atom. The van der Waals surface area contributed by atoms with Crippen LogP contribution >= 0.6 is 11.6 Å². The molecule has 0 spiro atoms. The monoisotopic (exact) mass is 331 g/mol. The number of benzene rings is 1. The van der Waals surface area contributed by atoms with E-state index in [2.05, 4.69) is 25.8 Å². The Balaban J connectivity index is 1.68. The van der Waals surface area contributed by atoms with E-state index in [0.29, 0.717) is 21.7 Å². The van der Waals surface area contributed by atoms with Gasteiger partial charge in [-0.15, -0.1) is 0 Å². The van der Waals surface area contributed by atoms with Crippen LogP contribution in [0.1, 0.15) is 18.5 Å². The molecular weight excluding hydrogens is 318 g/mol. The Morgan fingerprint density at radius 1 is 1.26 bits per heavy atom. The molecule has 0 aliphatic carbocycles. The number of urea groups is 1. The third-order valence-electron chi connectivity index (χ3n) is 3.42. The molecule has 23 heavy (non-hydrogen) atoms. The summed E-state index contributed by atoms with van der Waals surface area (Å²) in [6, 6.07) is 8.24. The van der Waals surface area contributed by atoms with Crippen molar-refractivity contribution in [2.45, 2.75) is 13.0 Å². The third kappa shape index (κ3) is 3.35. The average molecular weight is 332 g/mol. The van der Waals surface area contributed by atoms with E-state index in [-0.39, 0.29) is 11.6 Å². The number of anilines is 1. The molecule has 0 aliphatic rings. The van der Waals surface area contributed by atoms with Crippen molar-refractivity contribution in [3.8, 4) is 0 Å². The lowest BCUT2D eigenvalue weighted by molar-refractivity contribution is 0.249. The maximum Gasteiger partial charge on any atom is 0.320 e. The summed E-state index contributed by atoms with van der Waals surface area (Å²) in [5, 5.41) is 11.7. The summed E-state index contributed by atoms with van der Waals surface area (Å²) < 4.78 is 0. The second-order valence-electron chi connectivity index (χ2n) is 5.07. The van der Waals surface area contributed by atoms with Crippen LogP contribution in [0.2, 0.25) is 5.02 Å². The topological polar surface area (TPSA) is 103 Å². The van der Waals surface area contributed by atoms with E-state index in [1.54, 1.807) is 18.2 Å². The van der Waals surface area contributed by atoms with Gasteiger partial charge in [-0.1, -0.05) is 23.7 Å². The zero-order chi connectivity index (χ0) is 16.4. The molecule has 7 nitrogen and oxygen atoms in total. The quantitative estimate of drug-likeness (QED) is 0.593. The number of H-pyrrole nitrogens is 2. The SMILES string of the molecule is C[C@@H](NC(=O)Nc1cc2[nH][nH]c(=O)c2cn1)c1ccc(Cl)cc1. The van der Waals surface area contributed by atoms with Crippen molar-refractivity contribution >= 4 is 34.4 Å². The molecule has 4 N–H and O–H groups in total. The lowest BCUT2D eigenvalue weighted by atomic mass is 10.1. The van der Waals surface area contributed by atoms with Crippen LogP contribution in [0, 0.1) is 0 Å². The van der Waals surface area contributed by atoms with Gasteiger partial charge in [0.25, 0.3) is 5.56 Å². The van der Waals surface area contributed by atoms with Crippen LogP contribution in [0.15, 0.2) is 41.3 Å². The van der Waals surface area contributed by atoms with Crippen LogP contribution < -0.4 is 16.2 Å². The minimum absolute atomic E-state index is 0.192. The first-order chi connectivity index (χ1) is 11.0. The minimum atomic E-state index is -0.391. The fourth-order valence-corrected chi connectivity index (χ4v) is 2.31. The Labute approximate surface area is 136 Å². The number of carbonyl (C=O) groups excluding carboxylic acids is 1. The number of nitrogens with zero attached hydrogens (tertiary/aromatic N) is 1. The van der Waals surface area contributed by atoms with Gasteiger partial charge in [0, 0.05) is 17.3 Å². The van der Waals surface area contributed by atoms with Crippen molar-refractivity contribution in [1.82, 2.24) is 20.5 Å². The number of carbonyl (C=O) groups is 1. The van der Waals surface area contributed by atoms with E-state index < -0.39 is 6.03 Å². The van der Waals surface area contributed by atoms with Crippen LogP contribution in [0.4, 0.5) is 10.6 Å². The molecule has 3 rings (SSSR count). The van der Waals surface area contributed by atoms with Crippen LogP contribution in [-0.4, -0.2) is 21.2 Å². The van der Waals surface area contributed by atoms with E-state index in [9.17, 15) is 9.59 Å². The van der Waals surface area contributed by atoms with Gasteiger partial charge in [-0.05, 0) is 24.6 Å². The van der Waals surface area contributed by atoms with Crippen molar-refractivity contribution in [1.29, 1.82) is 0 Å². The maximum absolute atomic E-state index is 12.0. The predicted octanol–water partition coefficient (Wildman–Crippen LogP) is 2.79. The summed E-state index contributed by atoms with van der Waals surface area (Å²) in [6.45, 7) is 1.86. The highest BCUT2D eigenvalue weighted by molar-refractivity contribution is 6.30. The normalized spacial score (nSPS) is 12.1. The Morgan fingerprint density at radius 3 is 2.74 bits per heavy atom. The van der Waals surface area contributed by atoms with E-state index in [1.165, 1.54) is 6.20 Å². The van der Waals surface area contributed by atoms with Crippen LogP contribution in [-0.2, 0) is 0 Å². The van der Waals surface area contributed by atoms with Crippen molar-refractivity contribution in [2.75, 3.05) is 5.32 Å². The molecule has 0 saturated heterocycles. The van der Waals surface area contributed by atoms with Gasteiger partial charge in [-0.3, -0.25) is 20.3 Å². The van der Waals surface area contributed by atoms with Crippen molar-refractivity contribution in [3.05, 3.63) is 57.5 Å². The largest absolute Gasteiger partial charge is 0.331 e. The van der Waals surface area contributed by atoms with Crippen molar-refractivity contribution < 1.29 is 4.79 Å². The summed E-state index contributed by atoms with van der Waals surface area (Å²) in [5.41, 5.74) is 1.26. The molecule has 0 aliphatic heterocycles. The number of hydrogen-bond donors (Lipinski definition) is 4. The number of halogens is 1. The number of pyridine rings is 1. The van der Waals surface area contributed by atoms with Crippen LogP contribution in [0.5, 0.6) is 0 Å². The lowest BCUT2D eigenvalue weighted by Gasteiger charge is -2.14. The number of rotatable bonds is 3. The molecule has 3 aromatic rings. The minimum Gasteiger partial charge on any atom is -0.331 e. The van der Waals surface area contributed by atoms with Gasteiger partial charge >= 0.3 is 6.03 Å². The molecule has 1 atom stereocenters. The highest BCUT2D eigenvalue weighted by Gasteiger charge is 2.11. The zero-order valence-electron chi connectivity index (χ0n) is 12.2. The molecule has 118 valence electrons. The van der Waals surface area contributed by atoms with Gasteiger partial charge in [0.2, 0.25) is 0 Å². The molecule has 0 radical (unpaired) electrons. The van der Waals surface area contributed by atoms with Crippen molar-refractivity contribution in [2.24, 2.45) is 0 Å². The molecule has 1 aromatic carbocycles. The van der Waals surface area contributed by atoms with Gasteiger partial charge < -0.3 is 5.32 Å². The molecule has 2 amide bonds. The van der Waals surface area contributed by atoms with E-state index in [4.69, 9.17) is 11.6 Å². The fraction of sp³-hybridized carbons (Fsp3) is 0.133. The number of aromatic nitrogens is 3. The second kappa shape index (κ2) is 6.13. The average Bonchev–Trinajstić information content (AvgIpc) is 2.88. The highest BCUT2D eigenvalue weighted by Crippen LogP contribution is 2.16. The Bertz CT molecular complexity index is 900. The predicted molar refractivity (Wildman–Crippen MR) is 88.7 cm³/mol. The van der Waals surface area contributed by atoms with Gasteiger partial charge in [0.1, 0.15) is 5.82 Å².